The fraction of sp³-hybridized carbons (Fsp3) is 0.722. The van der Waals surface area contributed by atoms with Gasteiger partial charge in [-0.05, 0) is 19.8 Å². The predicted molar refractivity (Wildman–Crippen MR) is 114 cm³/mol. The van der Waals surface area contributed by atoms with Crippen LogP contribution in [0.4, 0.5) is 0 Å². The standard InChI is InChI=1S/C9H18O5Si.C9H20O4Si/c1-5-9(10)14-7-6-8-15(11-2,12-3)13-4;1-5-7-13-8-6-9-14(10-2,11-3)12-4/h5H,1,6-8H2,2-4H3;5,7H,6,8-9H2,1-4H3. The fourth-order valence-corrected chi connectivity index (χ4v) is 5.55. The predicted octanol–water partition coefficient (Wildman–Crippen LogP) is 2.79. The molecule has 0 radical (unpaired) electrons. The van der Waals surface area contributed by atoms with Crippen molar-refractivity contribution in [2.24, 2.45) is 0 Å². The van der Waals surface area contributed by atoms with E-state index in [9.17, 15) is 4.79 Å². The Morgan fingerprint density at radius 1 is 0.793 bits per heavy atom. The molecule has 0 unspecified atom stereocenters. The van der Waals surface area contributed by atoms with Crippen LogP contribution in [0.5, 0.6) is 0 Å². The molecule has 0 aliphatic carbocycles. The highest BCUT2D eigenvalue weighted by Crippen LogP contribution is 2.15. The number of esters is 1. The van der Waals surface area contributed by atoms with E-state index in [-0.39, 0.29) is 0 Å². The van der Waals surface area contributed by atoms with Crippen LogP contribution in [0, 0.1) is 0 Å². The van der Waals surface area contributed by atoms with Crippen molar-refractivity contribution in [1.29, 1.82) is 0 Å². The van der Waals surface area contributed by atoms with Crippen LogP contribution < -0.4 is 0 Å². The monoisotopic (exact) mass is 454 g/mol. The van der Waals surface area contributed by atoms with Crippen molar-refractivity contribution in [2.75, 3.05) is 55.9 Å². The summed E-state index contributed by atoms with van der Waals surface area (Å²) in [5.74, 6) is -0.422. The van der Waals surface area contributed by atoms with Crippen LogP contribution in [0.1, 0.15) is 19.8 Å². The second-order valence-electron chi connectivity index (χ2n) is 5.51. The van der Waals surface area contributed by atoms with Crippen molar-refractivity contribution in [3.8, 4) is 0 Å². The van der Waals surface area contributed by atoms with Crippen LogP contribution in [-0.4, -0.2) is 79.5 Å². The summed E-state index contributed by atoms with van der Waals surface area (Å²) in [6, 6.07) is 1.38. The SMILES string of the molecule is C=CC(=O)OCCC[Si](OC)(OC)OC.CC=COCCC[Si](OC)(OC)OC. The molecule has 0 heterocycles. The lowest BCUT2D eigenvalue weighted by atomic mass is 10.5. The lowest BCUT2D eigenvalue weighted by Crippen LogP contribution is -2.42. The highest BCUT2D eigenvalue weighted by atomic mass is 28.4. The first-order chi connectivity index (χ1) is 13.9. The Hall–Kier alpha value is -1.06. The van der Waals surface area contributed by atoms with Gasteiger partial charge in [0, 0.05) is 60.8 Å². The van der Waals surface area contributed by atoms with Gasteiger partial charge in [0.05, 0.1) is 19.5 Å². The van der Waals surface area contributed by atoms with Crippen LogP contribution in [0.2, 0.25) is 12.1 Å². The molecule has 0 aromatic heterocycles. The molecular formula is C18H38O9Si2. The van der Waals surface area contributed by atoms with Gasteiger partial charge < -0.3 is 36.0 Å². The first-order valence-electron chi connectivity index (χ1n) is 9.21. The average molecular weight is 455 g/mol. The van der Waals surface area contributed by atoms with E-state index >= 15 is 0 Å². The summed E-state index contributed by atoms with van der Waals surface area (Å²) < 4.78 is 41.4. The maximum atomic E-state index is 10.7. The zero-order chi connectivity index (χ0) is 22.6. The van der Waals surface area contributed by atoms with E-state index in [4.69, 9.17) is 36.0 Å². The molecule has 0 atom stereocenters. The summed E-state index contributed by atoms with van der Waals surface area (Å²) in [6.45, 7) is 6.19. The smallest absolute Gasteiger partial charge is 0.500 e. The molecule has 9 nitrogen and oxygen atoms in total. The highest BCUT2D eigenvalue weighted by Gasteiger charge is 2.37. The largest absolute Gasteiger partial charge is 0.502 e. The zero-order valence-electron chi connectivity index (χ0n) is 18.9. The average Bonchev–Trinajstić information content (AvgIpc) is 2.77. The molecule has 0 saturated heterocycles. The summed E-state index contributed by atoms with van der Waals surface area (Å²) in [6.07, 6.45) is 6.17. The second kappa shape index (κ2) is 18.9. The van der Waals surface area contributed by atoms with E-state index in [1.54, 1.807) is 48.9 Å². The van der Waals surface area contributed by atoms with Gasteiger partial charge in [0.25, 0.3) is 0 Å². The van der Waals surface area contributed by atoms with Gasteiger partial charge in [0.15, 0.2) is 0 Å². The third-order valence-electron chi connectivity index (χ3n) is 3.88. The number of ether oxygens (including phenoxy) is 2. The number of hydrogen-bond donors (Lipinski definition) is 0. The Kier molecular flexibility index (Phi) is 19.7. The second-order valence-corrected chi connectivity index (χ2v) is 11.7. The minimum absolute atomic E-state index is 0.315. The lowest BCUT2D eigenvalue weighted by Gasteiger charge is -2.23. The van der Waals surface area contributed by atoms with E-state index in [1.807, 2.05) is 13.0 Å². The molecule has 11 heteroatoms. The summed E-state index contributed by atoms with van der Waals surface area (Å²) in [4.78, 5) is 10.7. The molecule has 0 N–H and O–H groups in total. The highest BCUT2D eigenvalue weighted by molar-refractivity contribution is 6.60. The van der Waals surface area contributed by atoms with Gasteiger partial charge in [-0.15, -0.1) is 0 Å². The Bertz CT molecular complexity index is 423. The topological polar surface area (TPSA) is 90.9 Å². The Morgan fingerprint density at radius 2 is 1.21 bits per heavy atom. The minimum atomic E-state index is -2.52. The van der Waals surface area contributed by atoms with Crippen molar-refractivity contribution < 1.29 is 40.8 Å². The zero-order valence-corrected chi connectivity index (χ0v) is 20.9. The first-order valence-corrected chi connectivity index (χ1v) is 13.1. The molecule has 0 fully saturated rings. The fourth-order valence-electron chi connectivity index (χ4n) is 2.17. The van der Waals surface area contributed by atoms with Crippen LogP contribution in [0.25, 0.3) is 0 Å². The summed E-state index contributed by atoms with van der Waals surface area (Å²) in [5.41, 5.74) is 0. The molecule has 0 aromatic carbocycles. The van der Waals surface area contributed by atoms with Gasteiger partial charge in [-0.2, -0.15) is 0 Å². The Balaban J connectivity index is 0. The number of carbonyl (C=O) groups is 1. The molecular weight excluding hydrogens is 416 g/mol. The third-order valence-corrected chi connectivity index (χ3v) is 9.55. The van der Waals surface area contributed by atoms with Gasteiger partial charge in [-0.3, -0.25) is 0 Å². The number of rotatable bonds is 16. The van der Waals surface area contributed by atoms with E-state index < -0.39 is 23.6 Å². The van der Waals surface area contributed by atoms with Crippen molar-refractivity contribution in [2.45, 2.75) is 31.9 Å². The molecule has 0 amide bonds. The van der Waals surface area contributed by atoms with E-state index in [0.717, 1.165) is 18.5 Å². The van der Waals surface area contributed by atoms with Crippen molar-refractivity contribution in [3.05, 3.63) is 25.0 Å². The van der Waals surface area contributed by atoms with Crippen LogP contribution in [0.15, 0.2) is 25.0 Å². The Morgan fingerprint density at radius 3 is 1.55 bits per heavy atom. The number of hydrogen-bond acceptors (Lipinski definition) is 9. The lowest BCUT2D eigenvalue weighted by molar-refractivity contribution is -0.137. The van der Waals surface area contributed by atoms with Gasteiger partial charge in [0.1, 0.15) is 0 Å². The summed E-state index contributed by atoms with van der Waals surface area (Å²) >= 11 is 0. The van der Waals surface area contributed by atoms with E-state index in [0.29, 0.717) is 25.7 Å². The van der Waals surface area contributed by atoms with Gasteiger partial charge in [-0.1, -0.05) is 12.7 Å². The van der Waals surface area contributed by atoms with Crippen LogP contribution >= 0.6 is 0 Å². The normalized spacial score (nSPS) is 11.7. The summed E-state index contributed by atoms with van der Waals surface area (Å²) in [7, 11) is 4.60. The molecule has 29 heavy (non-hydrogen) atoms. The molecule has 0 spiro atoms. The minimum Gasteiger partial charge on any atom is -0.502 e. The van der Waals surface area contributed by atoms with Crippen molar-refractivity contribution in [1.82, 2.24) is 0 Å². The third kappa shape index (κ3) is 13.7. The first kappa shape index (κ1) is 30.1. The summed E-state index contributed by atoms with van der Waals surface area (Å²) in [5, 5.41) is 0. The molecule has 0 bridgehead atoms. The maximum absolute atomic E-state index is 10.7. The Labute approximate surface area is 177 Å². The van der Waals surface area contributed by atoms with Crippen molar-refractivity contribution in [3.63, 3.8) is 0 Å². The van der Waals surface area contributed by atoms with Gasteiger partial charge in [0.2, 0.25) is 0 Å². The molecule has 172 valence electrons. The van der Waals surface area contributed by atoms with E-state index in [1.165, 1.54) is 0 Å². The van der Waals surface area contributed by atoms with Crippen molar-refractivity contribution >= 4 is 23.6 Å². The van der Waals surface area contributed by atoms with Gasteiger partial charge >= 0.3 is 23.6 Å². The van der Waals surface area contributed by atoms with E-state index in [2.05, 4.69) is 6.58 Å². The molecule has 0 saturated carbocycles. The molecule has 0 aromatic rings. The molecule has 0 rings (SSSR count). The maximum Gasteiger partial charge on any atom is 0.500 e. The number of carbonyl (C=O) groups excluding carboxylic acids is 1. The molecule has 0 aliphatic rings. The number of allylic oxidation sites excluding steroid dienone is 1. The van der Waals surface area contributed by atoms with Crippen LogP contribution in [-0.2, 0) is 40.8 Å². The van der Waals surface area contributed by atoms with Gasteiger partial charge in [-0.25, -0.2) is 4.79 Å². The molecule has 0 aliphatic heterocycles. The quantitative estimate of drug-likeness (QED) is 0.115. The van der Waals surface area contributed by atoms with Crippen LogP contribution in [0.3, 0.4) is 0 Å².